The zero-order valence-corrected chi connectivity index (χ0v) is 16.4. The van der Waals surface area contributed by atoms with Gasteiger partial charge < -0.3 is 14.2 Å². The molecule has 0 bridgehead atoms. The smallest absolute Gasteiger partial charge is 0.253 e. The van der Waals surface area contributed by atoms with Crippen LogP contribution in [0, 0.1) is 0 Å². The summed E-state index contributed by atoms with van der Waals surface area (Å²) < 4.78 is 11.1. The van der Waals surface area contributed by atoms with E-state index >= 15 is 0 Å². The summed E-state index contributed by atoms with van der Waals surface area (Å²) in [5.74, 6) is 1.61. The molecule has 0 spiro atoms. The van der Waals surface area contributed by atoms with Crippen molar-refractivity contribution in [3.63, 3.8) is 0 Å². The van der Waals surface area contributed by atoms with E-state index in [1.807, 2.05) is 30.0 Å². The Balaban J connectivity index is 1.36. The topological polar surface area (TPSA) is 71.7 Å². The lowest BCUT2D eigenvalue weighted by atomic mass is 9.97. The third-order valence-corrected chi connectivity index (χ3v) is 5.56. The van der Waals surface area contributed by atoms with Gasteiger partial charge in [0.2, 0.25) is 5.89 Å². The Morgan fingerprint density at radius 3 is 2.86 bits per heavy atom. The number of aryl methyl sites for hydroxylation is 1. The van der Waals surface area contributed by atoms with Crippen molar-refractivity contribution in [2.75, 3.05) is 32.8 Å². The fourth-order valence-corrected chi connectivity index (χ4v) is 4.01. The predicted octanol–water partition coefficient (Wildman–Crippen LogP) is 2.24. The Labute approximate surface area is 165 Å². The third-order valence-electron chi connectivity index (χ3n) is 5.56. The van der Waals surface area contributed by atoms with Gasteiger partial charge in [0.1, 0.15) is 6.10 Å². The van der Waals surface area contributed by atoms with Crippen molar-refractivity contribution in [1.82, 2.24) is 19.9 Å². The standard InChI is InChI=1S/C21H28N4O3/c1-2-19-22-20(23-28-19)17-9-6-10-25(14-17)21(26)18-15-24(11-12-27-18)13-16-7-4-3-5-8-16/h3-5,7-8,17-18H,2,6,9-15H2,1H3. The molecule has 0 N–H and O–H groups in total. The molecule has 2 saturated heterocycles. The molecular formula is C21H28N4O3. The van der Waals surface area contributed by atoms with Crippen LogP contribution < -0.4 is 0 Å². The van der Waals surface area contributed by atoms with Crippen molar-refractivity contribution in [2.24, 2.45) is 0 Å². The maximum Gasteiger partial charge on any atom is 0.253 e. The molecule has 4 rings (SSSR count). The van der Waals surface area contributed by atoms with E-state index in [0.29, 0.717) is 25.6 Å². The molecule has 0 saturated carbocycles. The van der Waals surface area contributed by atoms with Crippen LogP contribution in [0.3, 0.4) is 0 Å². The fourth-order valence-electron chi connectivity index (χ4n) is 4.01. The van der Waals surface area contributed by atoms with Crippen molar-refractivity contribution in [3.05, 3.63) is 47.6 Å². The first kappa shape index (κ1) is 19.1. The van der Waals surface area contributed by atoms with E-state index < -0.39 is 6.10 Å². The molecule has 0 radical (unpaired) electrons. The summed E-state index contributed by atoms with van der Waals surface area (Å²) in [6, 6.07) is 10.4. The van der Waals surface area contributed by atoms with Gasteiger partial charge in [-0.1, -0.05) is 42.4 Å². The average molecular weight is 384 g/mol. The monoisotopic (exact) mass is 384 g/mol. The highest BCUT2D eigenvalue weighted by Crippen LogP contribution is 2.26. The van der Waals surface area contributed by atoms with Crippen molar-refractivity contribution in [2.45, 2.75) is 44.8 Å². The molecule has 7 nitrogen and oxygen atoms in total. The fraction of sp³-hybridized carbons (Fsp3) is 0.571. The van der Waals surface area contributed by atoms with Gasteiger partial charge in [-0.05, 0) is 18.4 Å². The first-order chi connectivity index (χ1) is 13.7. The number of amides is 1. The summed E-state index contributed by atoms with van der Waals surface area (Å²) in [6.45, 7) is 6.33. The van der Waals surface area contributed by atoms with Crippen LogP contribution in [0.5, 0.6) is 0 Å². The number of hydrogen-bond donors (Lipinski definition) is 0. The van der Waals surface area contributed by atoms with E-state index in [-0.39, 0.29) is 11.8 Å². The van der Waals surface area contributed by atoms with E-state index in [1.54, 1.807) is 0 Å². The Hall–Kier alpha value is -2.25. The van der Waals surface area contributed by atoms with Crippen LogP contribution in [-0.2, 0) is 22.5 Å². The van der Waals surface area contributed by atoms with Gasteiger partial charge in [0.15, 0.2) is 5.82 Å². The summed E-state index contributed by atoms with van der Waals surface area (Å²) in [7, 11) is 0. The molecule has 2 aliphatic heterocycles. The lowest BCUT2D eigenvalue weighted by molar-refractivity contribution is -0.151. The van der Waals surface area contributed by atoms with E-state index in [0.717, 1.165) is 44.7 Å². The molecule has 28 heavy (non-hydrogen) atoms. The molecule has 2 aliphatic rings. The third kappa shape index (κ3) is 4.42. The number of carbonyl (C=O) groups is 1. The van der Waals surface area contributed by atoms with Gasteiger partial charge in [0, 0.05) is 45.1 Å². The average Bonchev–Trinajstić information content (AvgIpc) is 3.24. The molecule has 1 aromatic carbocycles. The van der Waals surface area contributed by atoms with Crippen LogP contribution in [0.2, 0.25) is 0 Å². The van der Waals surface area contributed by atoms with Crippen LogP contribution >= 0.6 is 0 Å². The zero-order valence-electron chi connectivity index (χ0n) is 16.4. The molecule has 0 aliphatic carbocycles. The molecule has 1 amide bonds. The number of rotatable bonds is 5. The molecule has 150 valence electrons. The first-order valence-electron chi connectivity index (χ1n) is 10.2. The molecule has 2 unspecified atom stereocenters. The molecule has 7 heteroatoms. The van der Waals surface area contributed by atoms with Gasteiger partial charge in [-0.2, -0.15) is 4.98 Å². The summed E-state index contributed by atoms with van der Waals surface area (Å²) in [4.78, 5) is 21.8. The Kier molecular flexibility index (Phi) is 6.02. The lowest BCUT2D eigenvalue weighted by Crippen LogP contribution is -2.52. The number of aromatic nitrogens is 2. The quantitative estimate of drug-likeness (QED) is 0.787. The van der Waals surface area contributed by atoms with Crippen molar-refractivity contribution in [1.29, 1.82) is 0 Å². The Morgan fingerprint density at radius 1 is 1.21 bits per heavy atom. The predicted molar refractivity (Wildman–Crippen MR) is 104 cm³/mol. The molecule has 1 aromatic heterocycles. The number of piperidine rings is 1. The van der Waals surface area contributed by atoms with E-state index in [2.05, 4.69) is 27.2 Å². The number of hydrogen-bond acceptors (Lipinski definition) is 6. The maximum absolute atomic E-state index is 13.1. The van der Waals surface area contributed by atoms with Gasteiger partial charge in [-0.15, -0.1) is 0 Å². The molecule has 2 fully saturated rings. The first-order valence-corrected chi connectivity index (χ1v) is 10.2. The minimum atomic E-state index is -0.396. The summed E-state index contributed by atoms with van der Waals surface area (Å²) in [5, 5.41) is 4.11. The van der Waals surface area contributed by atoms with E-state index in [4.69, 9.17) is 9.26 Å². The minimum Gasteiger partial charge on any atom is -0.366 e. The number of carbonyl (C=O) groups excluding carboxylic acids is 1. The van der Waals surface area contributed by atoms with E-state index in [9.17, 15) is 4.79 Å². The highest BCUT2D eigenvalue weighted by Gasteiger charge is 2.34. The van der Waals surface area contributed by atoms with Crippen LogP contribution in [-0.4, -0.2) is 64.7 Å². The molecule has 2 aromatic rings. The largest absolute Gasteiger partial charge is 0.366 e. The second-order valence-electron chi connectivity index (χ2n) is 7.60. The highest BCUT2D eigenvalue weighted by atomic mass is 16.5. The number of benzene rings is 1. The number of ether oxygens (including phenoxy) is 1. The highest BCUT2D eigenvalue weighted by molar-refractivity contribution is 5.81. The number of morpholine rings is 1. The number of likely N-dealkylation sites (tertiary alicyclic amines) is 1. The Morgan fingerprint density at radius 2 is 2.07 bits per heavy atom. The summed E-state index contributed by atoms with van der Waals surface area (Å²) in [5.41, 5.74) is 1.26. The maximum atomic E-state index is 13.1. The van der Waals surface area contributed by atoms with Crippen molar-refractivity contribution < 1.29 is 14.1 Å². The van der Waals surface area contributed by atoms with Crippen LogP contribution in [0.25, 0.3) is 0 Å². The molecular weight excluding hydrogens is 356 g/mol. The van der Waals surface area contributed by atoms with Crippen LogP contribution in [0.1, 0.15) is 43.0 Å². The normalized spacial score (nSPS) is 23.7. The minimum absolute atomic E-state index is 0.0849. The molecule has 2 atom stereocenters. The van der Waals surface area contributed by atoms with Gasteiger partial charge in [0.25, 0.3) is 5.91 Å². The van der Waals surface area contributed by atoms with Gasteiger partial charge in [0.05, 0.1) is 6.61 Å². The molecule has 3 heterocycles. The summed E-state index contributed by atoms with van der Waals surface area (Å²) in [6.07, 6.45) is 2.27. The number of nitrogens with zero attached hydrogens (tertiary/aromatic N) is 4. The van der Waals surface area contributed by atoms with Gasteiger partial charge in [-0.25, -0.2) is 0 Å². The Bertz CT molecular complexity index is 779. The van der Waals surface area contributed by atoms with Crippen LogP contribution in [0.4, 0.5) is 0 Å². The van der Waals surface area contributed by atoms with Crippen molar-refractivity contribution in [3.8, 4) is 0 Å². The second kappa shape index (κ2) is 8.84. The summed E-state index contributed by atoms with van der Waals surface area (Å²) >= 11 is 0. The lowest BCUT2D eigenvalue weighted by Gasteiger charge is -2.37. The second-order valence-corrected chi connectivity index (χ2v) is 7.60. The zero-order chi connectivity index (χ0) is 19.3. The van der Waals surface area contributed by atoms with Gasteiger partial charge in [-0.3, -0.25) is 9.69 Å². The van der Waals surface area contributed by atoms with Gasteiger partial charge >= 0.3 is 0 Å². The van der Waals surface area contributed by atoms with Crippen molar-refractivity contribution >= 4 is 5.91 Å². The SMILES string of the molecule is CCc1nc(C2CCCN(C(=O)C3CN(Cc4ccccc4)CCO3)C2)no1. The van der Waals surface area contributed by atoms with Crippen LogP contribution in [0.15, 0.2) is 34.9 Å². The van der Waals surface area contributed by atoms with E-state index in [1.165, 1.54) is 5.56 Å².